The first-order valence-electron chi connectivity index (χ1n) is 6.54. The summed E-state index contributed by atoms with van der Waals surface area (Å²) in [4.78, 5) is 4.13. The van der Waals surface area contributed by atoms with Crippen LogP contribution in [-0.4, -0.2) is 10.1 Å². The number of rotatable bonds is 3. The van der Waals surface area contributed by atoms with Gasteiger partial charge in [0.05, 0.1) is 5.56 Å². The number of nitrogens with two attached hydrogens (primary N) is 1. The maximum absolute atomic E-state index is 5.93. The maximum Gasteiger partial charge on any atom is 0.175 e. The second-order valence-electron chi connectivity index (χ2n) is 6.08. The summed E-state index contributed by atoms with van der Waals surface area (Å²) in [6.07, 6.45) is 4.34. The van der Waals surface area contributed by atoms with E-state index in [1.807, 2.05) is 12.1 Å². The molecular weight excluding hydrogens is 238 g/mol. The molecule has 0 saturated carbocycles. The van der Waals surface area contributed by atoms with Crippen LogP contribution in [0.3, 0.4) is 0 Å². The van der Waals surface area contributed by atoms with Gasteiger partial charge in [0.2, 0.25) is 0 Å². The zero-order chi connectivity index (χ0) is 14.0. The summed E-state index contributed by atoms with van der Waals surface area (Å²) in [6.45, 7) is 8.88. The van der Waals surface area contributed by atoms with Crippen molar-refractivity contribution in [3.63, 3.8) is 0 Å². The number of aromatic nitrogens is 2. The zero-order valence-corrected chi connectivity index (χ0v) is 12.0. The van der Waals surface area contributed by atoms with E-state index in [1.165, 1.54) is 0 Å². The monoisotopic (exact) mass is 259 g/mol. The average Bonchev–Trinajstić information content (AvgIpc) is 2.70. The van der Waals surface area contributed by atoms with Gasteiger partial charge in [-0.05, 0) is 17.4 Å². The van der Waals surface area contributed by atoms with Gasteiger partial charge in [0.25, 0.3) is 0 Å². The molecule has 0 amide bonds. The van der Waals surface area contributed by atoms with Crippen molar-refractivity contribution in [3.8, 4) is 11.1 Å². The highest BCUT2D eigenvalue weighted by Crippen LogP contribution is 2.34. The molecule has 2 N–H and O–H groups in total. The molecule has 0 saturated heterocycles. The van der Waals surface area contributed by atoms with Crippen LogP contribution in [0.5, 0.6) is 0 Å². The average molecular weight is 259 g/mol. The first-order valence-corrected chi connectivity index (χ1v) is 6.54. The second kappa shape index (κ2) is 5.03. The van der Waals surface area contributed by atoms with Gasteiger partial charge in [0, 0.05) is 24.4 Å². The fourth-order valence-corrected chi connectivity index (χ4v) is 1.88. The third-order valence-electron chi connectivity index (χ3n) is 3.71. The summed E-state index contributed by atoms with van der Waals surface area (Å²) in [5.41, 5.74) is 7.98. The van der Waals surface area contributed by atoms with Crippen LogP contribution in [0.1, 0.15) is 33.5 Å². The molecule has 2 rings (SSSR count). The number of nitrogens with zero attached hydrogens (tertiary/aromatic N) is 2. The van der Waals surface area contributed by atoms with Crippen molar-refractivity contribution in [2.75, 3.05) is 5.73 Å². The van der Waals surface area contributed by atoms with Crippen LogP contribution in [0.15, 0.2) is 29.0 Å². The molecule has 0 fully saturated rings. The molecule has 0 aliphatic rings. The lowest BCUT2D eigenvalue weighted by Crippen LogP contribution is -2.19. The van der Waals surface area contributed by atoms with E-state index in [4.69, 9.17) is 10.3 Å². The summed E-state index contributed by atoms with van der Waals surface area (Å²) in [5.74, 6) is 1.74. The van der Waals surface area contributed by atoms with Crippen LogP contribution in [0.25, 0.3) is 11.1 Å². The molecular formula is C15H21N3O. The molecule has 0 aliphatic heterocycles. The topological polar surface area (TPSA) is 64.9 Å². The lowest BCUT2D eigenvalue weighted by atomic mass is 9.79. The van der Waals surface area contributed by atoms with Crippen molar-refractivity contribution in [2.45, 2.75) is 34.1 Å². The molecule has 2 aromatic heterocycles. The standard InChI is InChI=1S/C15H21N3O/c1-10(15(2,3)4)8-12-13(14(16)18-19-12)11-6-5-7-17-9-11/h5-7,9-10H,8H2,1-4H3,(H2,16,18). The zero-order valence-electron chi connectivity index (χ0n) is 12.0. The Morgan fingerprint density at radius 1 is 1.37 bits per heavy atom. The Labute approximate surface area is 114 Å². The first kappa shape index (κ1) is 13.6. The predicted molar refractivity (Wildman–Crippen MR) is 76.5 cm³/mol. The van der Waals surface area contributed by atoms with E-state index in [1.54, 1.807) is 12.4 Å². The minimum atomic E-state index is 0.216. The van der Waals surface area contributed by atoms with Gasteiger partial charge >= 0.3 is 0 Å². The summed E-state index contributed by atoms with van der Waals surface area (Å²) in [6, 6.07) is 3.86. The minimum Gasteiger partial charge on any atom is -0.380 e. The van der Waals surface area contributed by atoms with E-state index in [0.717, 1.165) is 23.3 Å². The molecule has 1 unspecified atom stereocenters. The minimum absolute atomic E-state index is 0.216. The number of anilines is 1. The number of pyridine rings is 1. The van der Waals surface area contributed by atoms with Crippen LogP contribution < -0.4 is 5.73 Å². The second-order valence-corrected chi connectivity index (χ2v) is 6.08. The molecule has 2 heterocycles. The van der Waals surface area contributed by atoms with Crippen molar-refractivity contribution in [2.24, 2.45) is 11.3 Å². The van der Waals surface area contributed by atoms with Crippen LogP contribution in [0.4, 0.5) is 5.82 Å². The maximum atomic E-state index is 5.93. The highest BCUT2D eigenvalue weighted by Gasteiger charge is 2.25. The molecule has 0 aliphatic carbocycles. The highest BCUT2D eigenvalue weighted by molar-refractivity contribution is 5.74. The van der Waals surface area contributed by atoms with Crippen molar-refractivity contribution in [1.29, 1.82) is 0 Å². The summed E-state index contributed by atoms with van der Waals surface area (Å²) >= 11 is 0. The molecule has 4 nitrogen and oxygen atoms in total. The van der Waals surface area contributed by atoms with Gasteiger partial charge in [-0.3, -0.25) is 4.98 Å². The van der Waals surface area contributed by atoms with Gasteiger partial charge in [-0.25, -0.2) is 0 Å². The molecule has 0 spiro atoms. The predicted octanol–water partition coefficient (Wildman–Crippen LogP) is 3.54. The SMILES string of the molecule is CC(Cc1onc(N)c1-c1cccnc1)C(C)(C)C. The lowest BCUT2D eigenvalue weighted by molar-refractivity contribution is 0.240. The quantitative estimate of drug-likeness (QED) is 0.915. The van der Waals surface area contributed by atoms with Crippen LogP contribution in [-0.2, 0) is 6.42 Å². The largest absolute Gasteiger partial charge is 0.380 e. The van der Waals surface area contributed by atoms with Crippen LogP contribution in [0, 0.1) is 11.3 Å². The Kier molecular flexibility index (Phi) is 3.60. The van der Waals surface area contributed by atoms with Gasteiger partial charge in [0.1, 0.15) is 5.76 Å². The van der Waals surface area contributed by atoms with E-state index in [-0.39, 0.29) is 5.41 Å². The third-order valence-corrected chi connectivity index (χ3v) is 3.71. The Morgan fingerprint density at radius 3 is 2.68 bits per heavy atom. The molecule has 19 heavy (non-hydrogen) atoms. The van der Waals surface area contributed by atoms with Crippen molar-refractivity contribution in [3.05, 3.63) is 30.3 Å². The van der Waals surface area contributed by atoms with E-state index >= 15 is 0 Å². The molecule has 2 aromatic rings. The fraction of sp³-hybridized carbons (Fsp3) is 0.467. The summed E-state index contributed by atoms with van der Waals surface area (Å²) < 4.78 is 5.41. The van der Waals surface area contributed by atoms with Crippen molar-refractivity contribution < 1.29 is 4.52 Å². The Balaban J connectivity index is 2.34. The Hall–Kier alpha value is -1.84. The van der Waals surface area contributed by atoms with Gasteiger partial charge < -0.3 is 10.3 Å². The number of hydrogen-bond donors (Lipinski definition) is 1. The third kappa shape index (κ3) is 2.95. The molecule has 0 aromatic carbocycles. The van der Waals surface area contributed by atoms with E-state index in [0.29, 0.717) is 11.7 Å². The smallest absolute Gasteiger partial charge is 0.175 e. The first-order chi connectivity index (χ1) is 8.89. The van der Waals surface area contributed by atoms with Crippen LogP contribution in [0.2, 0.25) is 0 Å². The van der Waals surface area contributed by atoms with Crippen molar-refractivity contribution >= 4 is 5.82 Å². The normalized spacial score (nSPS) is 13.5. The van der Waals surface area contributed by atoms with Gasteiger partial charge in [-0.15, -0.1) is 0 Å². The van der Waals surface area contributed by atoms with Gasteiger partial charge in [-0.1, -0.05) is 38.9 Å². The van der Waals surface area contributed by atoms with Gasteiger partial charge in [-0.2, -0.15) is 0 Å². The number of nitrogen functional groups attached to an aromatic ring is 1. The lowest BCUT2D eigenvalue weighted by Gasteiger charge is -2.26. The van der Waals surface area contributed by atoms with E-state index in [9.17, 15) is 0 Å². The van der Waals surface area contributed by atoms with E-state index in [2.05, 4.69) is 37.8 Å². The van der Waals surface area contributed by atoms with E-state index < -0.39 is 0 Å². The molecule has 1 atom stereocenters. The highest BCUT2D eigenvalue weighted by atomic mass is 16.5. The van der Waals surface area contributed by atoms with Gasteiger partial charge in [0.15, 0.2) is 5.82 Å². The summed E-state index contributed by atoms with van der Waals surface area (Å²) in [5, 5.41) is 3.90. The fourth-order valence-electron chi connectivity index (χ4n) is 1.88. The Bertz CT molecular complexity index is 540. The Morgan fingerprint density at radius 2 is 2.11 bits per heavy atom. The molecule has 4 heteroatoms. The summed E-state index contributed by atoms with van der Waals surface area (Å²) in [7, 11) is 0. The van der Waals surface area contributed by atoms with Crippen LogP contribution >= 0.6 is 0 Å². The molecule has 0 bridgehead atoms. The molecule has 0 radical (unpaired) electrons. The van der Waals surface area contributed by atoms with Crippen molar-refractivity contribution in [1.82, 2.24) is 10.1 Å². The molecule has 102 valence electrons. The number of hydrogen-bond acceptors (Lipinski definition) is 4.